The molecule has 2 aromatic heterocycles. The first-order chi connectivity index (χ1) is 9.74. The Bertz CT molecular complexity index is 604. The van der Waals surface area contributed by atoms with Crippen LogP contribution < -0.4 is 11.3 Å². The van der Waals surface area contributed by atoms with E-state index in [9.17, 15) is 0 Å². The third-order valence-electron chi connectivity index (χ3n) is 4.19. The first kappa shape index (κ1) is 13.3. The zero-order valence-electron chi connectivity index (χ0n) is 12.0. The summed E-state index contributed by atoms with van der Waals surface area (Å²) < 4.78 is 1.87. The molecule has 0 aliphatic heterocycles. The van der Waals surface area contributed by atoms with Crippen LogP contribution in [0.4, 0.5) is 0 Å². The number of rotatable bonds is 4. The zero-order valence-corrected chi connectivity index (χ0v) is 12.0. The van der Waals surface area contributed by atoms with Gasteiger partial charge in [-0.2, -0.15) is 5.10 Å². The van der Waals surface area contributed by atoms with Gasteiger partial charge in [-0.15, -0.1) is 0 Å². The Hall–Kier alpha value is -1.72. The number of hydrazine groups is 1. The Morgan fingerprint density at radius 2 is 2.40 bits per heavy atom. The standard InChI is InChI=1S/C15H21N5/c1-3-13-12(9-20(2)19-13)15(18-16)11-7-6-10-5-4-8-17-14(10)11/h4-5,8-9,11,15,18H,3,6-7,16H2,1-2H3. The van der Waals surface area contributed by atoms with Gasteiger partial charge in [0.15, 0.2) is 0 Å². The second-order valence-electron chi connectivity index (χ2n) is 5.40. The van der Waals surface area contributed by atoms with Crippen LogP contribution in [0.1, 0.15) is 47.8 Å². The van der Waals surface area contributed by atoms with Crippen molar-refractivity contribution in [1.82, 2.24) is 20.2 Å². The van der Waals surface area contributed by atoms with Gasteiger partial charge in [-0.05, 0) is 30.9 Å². The summed E-state index contributed by atoms with van der Waals surface area (Å²) in [7, 11) is 1.96. The van der Waals surface area contributed by atoms with Crippen LogP contribution in [0.25, 0.3) is 0 Å². The van der Waals surface area contributed by atoms with Crippen LogP contribution in [0.2, 0.25) is 0 Å². The summed E-state index contributed by atoms with van der Waals surface area (Å²) in [5.74, 6) is 6.18. The minimum atomic E-state index is 0.0785. The number of aromatic nitrogens is 3. The SMILES string of the molecule is CCc1nn(C)cc1C(NN)C1CCc2cccnc21. The molecule has 0 aromatic carbocycles. The number of nitrogens with one attached hydrogen (secondary N) is 1. The summed E-state index contributed by atoms with van der Waals surface area (Å²) in [5, 5.41) is 4.53. The monoisotopic (exact) mass is 271 g/mol. The van der Waals surface area contributed by atoms with E-state index in [1.807, 2.05) is 24.0 Å². The third kappa shape index (κ3) is 2.13. The highest BCUT2D eigenvalue weighted by Crippen LogP contribution is 2.40. The topological polar surface area (TPSA) is 68.8 Å². The molecule has 2 aromatic rings. The minimum absolute atomic E-state index is 0.0785. The fourth-order valence-electron chi connectivity index (χ4n) is 3.28. The van der Waals surface area contributed by atoms with Gasteiger partial charge in [0.1, 0.15) is 0 Å². The Morgan fingerprint density at radius 1 is 1.55 bits per heavy atom. The van der Waals surface area contributed by atoms with E-state index in [1.54, 1.807) is 0 Å². The summed E-state index contributed by atoms with van der Waals surface area (Å²) in [4.78, 5) is 4.57. The lowest BCUT2D eigenvalue weighted by atomic mass is 9.91. The van der Waals surface area contributed by atoms with E-state index in [0.717, 1.165) is 25.0 Å². The van der Waals surface area contributed by atoms with Gasteiger partial charge in [0.2, 0.25) is 0 Å². The molecule has 5 nitrogen and oxygen atoms in total. The average Bonchev–Trinajstić information content (AvgIpc) is 3.04. The number of nitrogens with two attached hydrogens (primary N) is 1. The fraction of sp³-hybridized carbons (Fsp3) is 0.467. The molecule has 0 bridgehead atoms. The van der Waals surface area contributed by atoms with Crippen LogP contribution in [0.3, 0.4) is 0 Å². The van der Waals surface area contributed by atoms with Crippen LogP contribution in [0.15, 0.2) is 24.5 Å². The van der Waals surface area contributed by atoms with Gasteiger partial charge in [0.25, 0.3) is 0 Å². The lowest BCUT2D eigenvalue weighted by Gasteiger charge is -2.23. The zero-order chi connectivity index (χ0) is 14.1. The first-order valence-electron chi connectivity index (χ1n) is 7.17. The van der Waals surface area contributed by atoms with Gasteiger partial charge >= 0.3 is 0 Å². The molecule has 3 rings (SSSR count). The normalized spacial score (nSPS) is 19.1. The maximum Gasteiger partial charge on any atom is 0.0670 e. The average molecular weight is 271 g/mol. The lowest BCUT2D eigenvalue weighted by molar-refractivity contribution is 0.444. The summed E-state index contributed by atoms with van der Waals surface area (Å²) in [5.41, 5.74) is 7.83. The number of fused-ring (bicyclic) bond motifs is 1. The van der Waals surface area contributed by atoms with Crippen molar-refractivity contribution in [3.05, 3.63) is 47.0 Å². The van der Waals surface area contributed by atoms with E-state index in [2.05, 4.69) is 34.7 Å². The molecular formula is C15H21N5. The largest absolute Gasteiger partial charge is 0.275 e. The number of hydrogen-bond acceptors (Lipinski definition) is 4. The molecule has 1 aliphatic rings. The van der Waals surface area contributed by atoms with Gasteiger partial charge in [-0.25, -0.2) is 0 Å². The molecule has 0 fully saturated rings. The molecule has 106 valence electrons. The molecule has 3 N–H and O–H groups in total. The van der Waals surface area contributed by atoms with Crippen molar-refractivity contribution in [3.63, 3.8) is 0 Å². The van der Waals surface area contributed by atoms with E-state index in [-0.39, 0.29) is 6.04 Å². The van der Waals surface area contributed by atoms with E-state index in [0.29, 0.717) is 5.92 Å². The number of nitrogens with zero attached hydrogens (tertiary/aromatic N) is 3. The van der Waals surface area contributed by atoms with Crippen LogP contribution in [-0.4, -0.2) is 14.8 Å². The van der Waals surface area contributed by atoms with E-state index >= 15 is 0 Å². The Kier molecular flexibility index (Phi) is 3.54. The van der Waals surface area contributed by atoms with Gasteiger partial charge in [-0.3, -0.25) is 20.9 Å². The van der Waals surface area contributed by atoms with Crippen molar-refractivity contribution in [2.45, 2.75) is 38.1 Å². The van der Waals surface area contributed by atoms with Crippen molar-refractivity contribution in [1.29, 1.82) is 0 Å². The van der Waals surface area contributed by atoms with E-state index < -0.39 is 0 Å². The number of pyridine rings is 1. The summed E-state index contributed by atoms with van der Waals surface area (Å²) in [6, 6.07) is 4.25. The van der Waals surface area contributed by atoms with Gasteiger partial charge in [0.05, 0.1) is 11.7 Å². The molecule has 0 amide bonds. The number of hydrogen-bond donors (Lipinski definition) is 2. The Morgan fingerprint density at radius 3 is 3.15 bits per heavy atom. The minimum Gasteiger partial charge on any atom is -0.275 e. The summed E-state index contributed by atoms with van der Waals surface area (Å²) >= 11 is 0. The van der Waals surface area contributed by atoms with Crippen molar-refractivity contribution in [2.24, 2.45) is 12.9 Å². The highest BCUT2D eigenvalue weighted by molar-refractivity contribution is 5.34. The van der Waals surface area contributed by atoms with Crippen LogP contribution in [0, 0.1) is 0 Å². The van der Waals surface area contributed by atoms with Crippen molar-refractivity contribution in [2.75, 3.05) is 0 Å². The summed E-state index contributed by atoms with van der Waals surface area (Å²) in [6.45, 7) is 2.13. The predicted octanol–water partition coefficient (Wildman–Crippen LogP) is 1.61. The van der Waals surface area contributed by atoms with Crippen molar-refractivity contribution >= 4 is 0 Å². The molecule has 2 heterocycles. The second kappa shape index (κ2) is 5.34. The highest BCUT2D eigenvalue weighted by atomic mass is 15.3. The van der Waals surface area contributed by atoms with Crippen LogP contribution in [0.5, 0.6) is 0 Å². The molecule has 0 spiro atoms. The van der Waals surface area contributed by atoms with Crippen molar-refractivity contribution in [3.8, 4) is 0 Å². The predicted molar refractivity (Wildman–Crippen MR) is 77.9 cm³/mol. The molecule has 5 heteroatoms. The highest BCUT2D eigenvalue weighted by Gasteiger charge is 2.33. The number of aryl methyl sites for hydroxylation is 3. The van der Waals surface area contributed by atoms with Crippen LogP contribution >= 0.6 is 0 Å². The van der Waals surface area contributed by atoms with Gasteiger partial charge < -0.3 is 0 Å². The molecule has 0 radical (unpaired) electrons. The van der Waals surface area contributed by atoms with Gasteiger partial charge in [0, 0.05) is 36.6 Å². The quantitative estimate of drug-likeness (QED) is 0.655. The Labute approximate surface area is 119 Å². The molecule has 0 saturated carbocycles. The molecule has 0 saturated heterocycles. The maximum absolute atomic E-state index is 5.86. The summed E-state index contributed by atoms with van der Waals surface area (Å²) in [6.07, 6.45) is 7.02. The molecule has 2 unspecified atom stereocenters. The Balaban J connectivity index is 1.99. The fourth-order valence-corrected chi connectivity index (χ4v) is 3.28. The first-order valence-corrected chi connectivity index (χ1v) is 7.17. The van der Waals surface area contributed by atoms with E-state index in [1.165, 1.54) is 16.8 Å². The van der Waals surface area contributed by atoms with Gasteiger partial charge in [-0.1, -0.05) is 13.0 Å². The smallest absolute Gasteiger partial charge is 0.0670 e. The molecule has 1 aliphatic carbocycles. The maximum atomic E-state index is 5.86. The molecule has 2 atom stereocenters. The van der Waals surface area contributed by atoms with Crippen molar-refractivity contribution < 1.29 is 0 Å². The van der Waals surface area contributed by atoms with Crippen LogP contribution in [-0.2, 0) is 19.9 Å². The third-order valence-corrected chi connectivity index (χ3v) is 4.19. The molecular weight excluding hydrogens is 250 g/mol. The lowest BCUT2D eigenvalue weighted by Crippen LogP contribution is -2.32. The van der Waals surface area contributed by atoms with E-state index in [4.69, 9.17) is 5.84 Å². The molecule has 20 heavy (non-hydrogen) atoms. The second-order valence-corrected chi connectivity index (χ2v) is 5.40.